The predicted octanol–water partition coefficient (Wildman–Crippen LogP) is -0.192. The SMILES string of the molecule is CC(=O)ON(CC(=O)NCC(=O)O)C(=O)c1ccccc1. The fourth-order valence-corrected chi connectivity index (χ4v) is 1.39. The van der Waals surface area contributed by atoms with Crippen LogP contribution >= 0.6 is 0 Å². The van der Waals surface area contributed by atoms with Gasteiger partial charge in [0, 0.05) is 12.5 Å². The molecule has 1 rings (SSSR count). The van der Waals surface area contributed by atoms with Gasteiger partial charge in [-0.25, -0.2) is 0 Å². The first kappa shape index (κ1) is 16.2. The van der Waals surface area contributed by atoms with Crippen LogP contribution in [0.1, 0.15) is 17.3 Å². The van der Waals surface area contributed by atoms with Gasteiger partial charge in [0.05, 0.1) is 0 Å². The third-order valence-corrected chi connectivity index (χ3v) is 2.21. The molecular weight excluding hydrogens is 280 g/mol. The van der Waals surface area contributed by atoms with Crippen LogP contribution in [-0.2, 0) is 19.2 Å². The Morgan fingerprint density at radius 1 is 1.19 bits per heavy atom. The molecule has 2 amide bonds. The van der Waals surface area contributed by atoms with E-state index in [1.807, 2.05) is 0 Å². The van der Waals surface area contributed by atoms with Crippen LogP contribution in [0.15, 0.2) is 30.3 Å². The number of nitrogens with zero attached hydrogens (tertiary/aromatic N) is 1. The van der Waals surface area contributed by atoms with Crippen LogP contribution in [0, 0.1) is 0 Å². The number of hydrogen-bond acceptors (Lipinski definition) is 5. The Bertz CT molecular complexity index is 543. The molecule has 0 radical (unpaired) electrons. The van der Waals surface area contributed by atoms with Crippen LogP contribution in [-0.4, -0.2) is 47.0 Å². The molecule has 0 aliphatic rings. The monoisotopic (exact) mass is 294 g/mol. The molecule has 21 heavy (non-hydrogen) atoms. The van der Waals surface area contributed by atoms with E-state index in [0.717, 1.165) is 6.92 Å². The van der Waals surface area contributed by atoms with Gasteiger partial charge >= 0.3 is 11.9 Å². The van der Waals surface area contributed by atoms with Crippen molar-refractivity contribution in [3.63, 3.8) is 0 Å². The maximum Gasteiger partial charge on any atom is 0.329 e. The minimum Gasteiger partial charge on any atom is -0.480 e. The van der Waals surface area contributed by atoms with Gasteiger partial charge in [-0.15, -0.1) is 0 Å². The standard InChI is InChI=1S/C13H14N2O6/c1-9(16)21-15(8-11(17)14-7-12(18)19)13(20)10-5-3-2-4-6-10/h2-6H,7-8H2,1H3,(H,14,17)(H,18,19). The summed E-state index contributed by atoms with van der Waals surface area (Å²) < 4.78 is 0. The van der Waals surface area contributed by atoms with E-state index in [9.17, 15) is 19.2 Å². The highest BCUT2D eigenvalue weighted by molar-refractivity contribution is 5.96. The second-order valence-electron chi connectivity index (χ2n) is 3.96. The summed E-state index contributed by atoms with van der Waals surface area (Å²) in [5.74, 6) is -3.44. The van der Waals surface area contributed by atoms with Crippen molar-refractivity contribution >= 4 is 23.8 Å². The summed E-state index contributed by atoms with van der Waals surface area (Å²) in [6.07, 6.45) is 0. The first-order valence-electron chi connectivity index (χ1n) is 5.94. The molecule has 0 saturated carbocycles. The molecule has 0 atom stereocenters. The zero-order valence-electron chi connectivity index (χ0n) is 11.2. The van der Waals surface area contributed by atoms with Crippen molar-refractivity contribution in [2.45, 2.75) is 6.92 Å². The van der Waals surface area contributed by atoms with E-state index in [0.29, 0.717) is 5.06 Å². The number of rotatable bonds is 5. The van der Waals surface area contributed by atoms with Crippen LogP contribution in [0.3, 0.4) is 0 Å². The van der Waals surface area contributed by atoms with Gasteiger partial charge in [-0.1, -0.05) is 18.2 Å². The molecular formula is C13H14N2O6. The highest BCUT2D eigenvalue weighted by Crippen LogP contribution is 2.05. The Morgan fingerprint density at radius 3 is 2.33 bits per heavy atom. The lowest BCUT2D eigenvalue weighted by atomic mass is 10.2. The van der Waals surface area contributed by atoms with Gasteiger partial charge in [-0.3, -0.25) is 19.2 Å². The van der Waals surface area contributed by atoms with Crippen LogP contribution in [0.5, 0.6) is 0 Å². The Hall–Kier alpha value is -2.90. The summed E-state index contributed by atoms with van der Waals surface area (Å²) in [7, 11) is 0. The van der Waals surface area contributed by atoms with Crippen molar-refractivity contribution in [3.05, 3.63) is 35.9 Å². The summed E-state index contributed by atoms with van der Waals surface area (Å²) in [5.41, 5.74) is 0.227. The first-order chi connectivity index (χ1) is 9.90. The van der Waals surface area contributed by atoms with E-state index < -0.39 is 36.8 Å². The summed E-state index contributed by atoms with van der Waals surface area (Å²) in [6, 6.07) is 7.92. The number of carbonyl (C=O) groups is 4. The van der Waals surface area contributed by atoms with E-state index in [4.69, 9.17) is 5.11 Å². The second-order valence-corrected chi connectivity index (χ2v) is 3.96. The molecule has 0 fully saturated rings. The number of hydrogen-bond donors (Lipinski definition) is 2. The molecule has 2 N–H and O–H groups in total. The summed E-state index contributed by atoms with van der Waals surface area (Å²) >= 11 is 0. The average molecular weight is 294 g/mol. The van der Waals surface area contributed by atoms with E-state index in [-0.39, 0.29) is 5.56 Å². The Kier molecular flexibility index (Phi) is 5.87. The number of amides is 2. The van der Waals surface area contributed by atoms with E-state index in [1.54, 1.807) is 18.2 Å². The number of carboxylic acid groups (broad SMARTS) is 1. The topological polar surface area (TPSA) is 113 Å². The van der Waals surface area contributed by atoms with Crippen molar-refractivity contribution in [2.24, 2.45) is 0 Å². The van der Waals surface area contributed by atoms with Gasteiger partial charge in [0.2, 0.25) is 5.91 Å². The molecule has 0 aromatic heterocycles. The molecule has 0 aliphatic heterocycles. The van der Waals surface area contributed by atoms with Crippen molar-refractivity contribution < 1.29 is 29.1 Å². The van der Waals surface area contributed by atoms with Crippen molar-refractivity contribution in [1.29, 1.82) is 0 Å². The van der Waals surface area contributed by atoms with Crippen LogP contribution in [0.2, 0.25) is 0 Å². The summed E-state index contributed by atoms with van der Waals surface area (Å²) in [6.45, 7) is -0.104. The molecule has 8 heteroatoms. The third-order valence-electron chi connectivity index (χ3n) is 2.21. The van der Waals surface area contributed by atoms with Gasteiger partial charge < -0.3 is 15.3 Å². The molecule has 1 aromatic rings. The molecule has 0 aliphatic carbocycles. The Morgan fingerprint density at radius 2 is 1.81 bits per heavy atom. The number of aliphatic carboxylic acids is 1. The highest BCUT2D eigenvalue weighted by atomic mass is 16.7. The smallest absolute Gasteiger partial charge is 0.329 e. The van der Waals surface area contributed by atoms with Crippen LogP contribution < -0.4 is 5.32 Å². The maximum absolute atomic E-state index is 12.1. The van der Waals surface area contributed by atoms with E-state index >= 15 is 0 Å². The normalized spacial score (nSPS) is 9.57. The molecule has 112 valence electrons. The van der Waals surface area contributed by atoms with Gasteiger partial charge in [-0.2, -0.15) is 5.06 Å². The third kappa shape index (κ3) is 5.72. The zero-order chi connectivity index (χ0) is 15.8. The Balaban J connectivity index is 2.76. The molecule has 0 bridgehead atoms. The average Bonchev–Trinajstić information content (AvgIpc) is 2.44. The minimum absolute atomic E-state index is 0.227. The van der Waals surface area contributed by atoms with Crippen molar-refractivity contribution in [1.82, 2.24) is 10.4 Å². The highest BCUT2D eigenvalue weighted by Gasteiger charge is 2.22. The first-order valence-corrected chi connectivity index (χ1v) is 5.94. The quantitative estimate of drug-likeness (QED) is 0.728. The largest absolute Gasteiger partial charge is 0.480 e. The number of hydroxylamine groups is 2. The number of nitrogens with one attached hydrogen (secondary N) is 1. The molecule has 0 unspecified atom stereocenters. The minimum atomic E-state index is -1.23. The van der Waals surface area contributed by atoms with E-state index in [1.165, 1.54) is 12.1 Å². The van der Waals surface area contributed by atoms with Crippen molar-refractivity contribution in [2.75, 3.05) is 13.1 Å². The zero-order valence-corrected chi connectivity index (χ0v) is 11.2. The van der Waals surface area contributed by atoms with Gasteiger partial charge in [0.25, 0.3) is 5.91 Å². The van der Waals surface area contributed by atoms with Gasteiger partial charge in [-0.05, 0) is 12.1 Å². The van der Waals surface area contributed by atoms with Crippen molar-refractivity contribution in [3.8, 4) is 0 Å². The molecule has 1 aromatic carbocycles. The lowest BCUT2D eigenvalue weighted by molar-refractivity contribution is -0.176. The van der Waals surface area contributed by atoms with Gasteiger partial charge in [0.1, 0.15) is 13.1 Å². The predicted molar refractivity (Wildman–Crippen MR) is 69.9 cm³/mol. The molecule has 8 nitrogen and oxygen atoms in total. The molecule has 0 spiro atoms. The van der Waals surface area contributed by atoms with Gasteiger partial charge in [0.15, 0.2) is 0 Å². The lowest BCUT2D eigenvalue weighted by Crippen LogP contribution is -2.42. The summed E-state index contributed by atoms with van der Waals surface area (Å²) in [4.78, 5) is 49.6. The molecule has 0 heterocycles. The number of benzene rings is 1. The number of carboxylic acids is 1. The summed E-state index contributed by atoms with van der Waals surface area (Å²) in [5, 5.41) is 11.1. The fraction of sp³-hybridized carbons (Fsp3) is 0.231. The van der Waals surface area contributed by atoms with E-state index in [2.05, 4.69) is 10.2 Å². The van der Waals surface area contributed by atoms with Crippen LogP contribution in [0.4, 0.5) is 0 Å². The maximum atomic E-state index is 12.1. The lowest BCUT2D eigenvalue weighted by Gasteiger charge is -2.19. The molecule has 0 saturated heterocycles. The number of carbonyl (C=O) groups excluding carboxylic acids is 3. The Labute approximate surface area is 120 Å². The van der Waals surface area contributed by atoms with Crippen LogP contribution in [0.25, 0.3) is 0 Å². The second kappa shape index (κ2) is 7.63. The fourth-order valence-electron chi connectivity index (χ4n) is 1.39.